The fraction of sp³-hybridized carbons (Fsp3) is 0.300. The molecule has 136 valence electrons. The molecule has 0 saturated heterocycles. The van der Waals surface area contributed by atoms with Crippen LogP contribution in [0.2, 0.25) is 0 Å². The lowest BCUT2D eigenvalue weighted by Gasteiger charge is -2.19. The summed E-state index contributed by atoms with van der Waals surface area (Å²) in [6.45, 7) is 4.30. The van der Waals surface area contributed by atoms with Crippen molar-refractivity contribution < 1.29 is 13.9 Å². The molecule has 0 N–H and O–H groups in total. The number of methoxy groups -OCH3 is 2. The number of nitrogens with zero attached hydrogens (tertiary/aromatic N) is 3. The van der Waals surface area contributed by atoms with E-state index in [9.17, 15) is 0 Å². The van der Waals surface area contributed by atoms with Crippen LogP contribution in [0.1, 0.15) is 18.4 Å². The lowest BCUT2D eigenvalue weighted by molar-refractivity contribution is 0.243. The van der Waals surface area contributed by atoms with Gasteiger partial charge in [0.2, 0.25) is 11.8 Å². The van der Waals surface area contributed by atoms with Gasteiger partial charge in [0.05, 0.1) is 20.8 Å². The highest BCUT2D eigenvalue weighted by Gasteiger charge is 2.13. The predicted octanol–water partition coefficient (Wildman–Crippen LogP) is 3.78. The average molecular weight is 353 g/mol. The highest BCUT2D eigenvalue weighted by atomic mass is 16.5. The van der Waals surface area contributed by atoms with Gasteiger partial charge in [-0.25, -0.2) is 0 Å². The van der Waals surface area contributed by atoms with Gasteiger partial charge in [-0.05, 0) is 36.4 Å². The quantitative estimate of drug-likeness (QED) is 0.614. The molecular weight excluding hydrogens is 330 g/mol. The number of ether oxygens (including phenoxy) is 2. The molecule has 0 bridgehead atoms. The van der Waals surface area contributed by atoms with E-state index in [2.05, 4.69) is 22.0 Å². The molecule has 26 heavy (non-hydrogen) atoms. The summed E-state index contributed by atoms with van der Waals surface area (Å²) in [5.74, 6) is 2.60. The minimum Gasteiger partial charge on any atom is -0.493 e. The van der Waals surface area contributed by atoms with Crippen molar-refractivity contribution in [1.29, 1.82) is 0 Å². The zero-order valence-electron chi connectivity index (χ0n) is 15.3. The molecule has 0 aliphatic heterocycles. The van der Waals surface area contributed by atoms with Crippen LogP contribution in [0.15, 0.2) is 52.9 Å². The zero-order valence-corrected chi connectivity index (χ0v) is 15.3. The third-order valence-corrected chi connectivity index (χ3v) is 4.15. The summed E-state index contributed by atoms with van der Waals surface area (Å²) in [4.78, 5) is 2.23. The lowest BCUT2D eigenvalue weighted by Crippen LogP contribution is -2.22. The van der Waals surface area contributed by atoms with Crippen LogP contribution in [-0.2, 0) is 13.1 Å². The minimum absolute atomic E-state index is 0.544. The minimum atomic E-state index is 0.544. The number of aromatic nitrogens is 2. The summed E-state index contributed by atoms with van der Waals surface area (Å²) in [5.41, 5.74) is 2.06. The molecule has 6 heteroatoms. The molecule has 0 atom stereocenters. The SMILES string of the molecule is CCN(Cc1ccc(OC)c(OC)c1)Cc1nnc(-c2ccccc2)o1. The maximum atomic E-state index is 5.81. The Morgan fingerprint density at radius 1 is 0.923 bits per heavy atom. The first-order chi connectivity index (χ1) is 12.7. The Labute approximate surface area is 153 Å². The van der Waals surface area contributed by atoms with E-state index in [0.29, 0.717) is 18.3 Å². The molecule has 2 aromatic carbocycles. The number of hydrogen-bond donors (Lipinski definition) is 0. The summed E-state index contributed by atoms with van der Waals surface area (Å²) >= 11 is 0. The maximum Gasteiger partial charge on any atom is 0.247 e. The number of benzene rings is 2. The largest absolute Gasteiger partial charge is 0.493 e. The molecule has 0 spiro atoms. The molecule has 6 nitrogen and oxygen atoms in total. The molecule has 0 aliphatic carbocycles. The van der Waals surface area contributed by atoms with Crippen molar-refractivity contribution in [3.05, 3.63) is 60.0 Å². The first-order valence-electron chi connectivity index (χ1n) is 8.54. The van der Waals surface area contributed by atoms with Crippen molar-refractivity contribution in [2.24, 2.45) is 0 Å². The Morgan fingerprint density at radius 3 is 2.38 bits per heavy atom. The Morgan fingerprint density at radius 2 is 1.69 bits per heavy atom. The highest BCUT2D eigenvalue weighted by molar-refractivity contribution is 5.51. The van der Waals surface area contributed by atoms with E-state index in [0.717, 1.165) is 35.7 Å². The molecule has 0 radical (unpaired) electrons. The average Bonchev–Trinajstić information content (AvgIpc) is 3.16. The first kappa shape index (κ1) is 17.9. The topological polar surface area (TPSA) is 60.6 Å². The predicted molar refractivity (Wildman–Crippen MR) is 99.1 cm³/mol. The van der Waals surface area contributed by atoms with Crippen LogP contribution in [0.5, 0.6) is 11.5 Å². The third-order valence-electron chi connectivity index (χ3n) is 4.15. The van der Waals surface area contributed by atoms with Gasteiger partial charge in [0.15, 0.2) is 11.5 Å². The summed E-state index contributed by atoms with van der Waals surface area (Å²) < 4.78 is 16.5. The Balaban J connectivity index is 1.69. The van der Waals surface area contributed by atoms with E-state index in [-0.39, 0.29) is 0 Å². The van der Waals surface area contributed by atoms with Gasteiger partial charge in [-0.15, -0.1) is 10.2 Å². The van der Waals surface area contributed by atoms with Crippen LogP contribution < -0.4 is 9.47 Å². The van der Waals surface area contributed by atoms with Crippen molar-refractivity contribution in [2.75, 3.05) is 20.8 Å². The molecule has 0 unspecified atom stereocenters. The van der Waals surface area contributed by atoms with E-state index in [1.54, 1.807) is 14.2 Å². The van der Waals surface area contributed by atoms with Crippen molar-refractivity contribution in [3.63, 3.8) is 0 Å². The molecule has 3 rings (SSSR count). The second-order valence-electron chi connectivity index (χ2n) is 5.86. The third kappa shape index (κ3) is 4.21. The van der Waals surface area contributed by atoms with Crippen LogP contribution in [0.25, 0.3) is 11.5 Å². The van der Waals surface area contributed by atoms with E-state index < -0.39 is 0 Å². The van der Waals surface area contributed by atoms with Gasteiger partial charge in [-0.3, -0.25) is 4.90 Å². The van der Waals surface area contributed by atoms with Crippen LogP contribution >= 0.6 is 0 Å². The van der Waals surface area contributed by atoms with Crippen molar-refractivity contribution in [3.8, 4) is 23.0 Å². The fourth-order valence-electron chi connectivity index (χ4n) is 2.72. The van der Waals surface area contributed by atoms with Gasteiger partial charge in [0.25, 0.3) is 0 Å². The summed E-state index contributed by atoms with van der Waals surface area (Å²) in [5, 5.41) is 8.33. The van der Waals surface area contributed by atoms with Crippen LogP contribution in [-0.4, -0.2) is 35.9 Å². The molecule has 1 aromatic heterocycles. The second-order valence-corrected chi connectivity index (χ2v) is 5.86. The number of hydrogen-bond acceptors (Lipinski definition) is 6. The molecule has 3 aromatic rings. The molecule has 1 heterocycles. The smallest absolute Gasteiger partial charge is 0.247 e. The van der Waals surface area contributed by atoms with E-state index in [1.165, 1.54) is 0 Å². The molecule has 0 saturated carbocycles. The Hall–Kier alpha value is -2.86. The first-order valence-corrected chi connectivity index (χ1v) is 8.54. The summed E-state index contributed by atoms with van der Waals surface area (Å²) in [6.07, 6.45) is 0. The lowest BCUT2D eigenvalue weighted by atomic mass is 10.2. The van der Waals surface area contributed by atoms with Crippen LogP contribution in [0.3, 0.4) is 0 Å². The fourth-order valence-corrected chi connectivity index (χ4v) is 2.72. The van der Waals surface area contributed by atoms with Crippen molar-refractivity contribution >= 4 is 0 Å². The van der Waals surface area contributed by atoms with Crippen molar-refractivity contribution in [1.82, 2.24) is 15.1 Å². The monoisotopic (exact) mass is 353 g/mol. The van der Waals surface area contributed by atoms with Crippen molar-refractivity contribution in [2.45, 2.75) is 20.0 Å². The van der Waals surface area contributed by atoms with Gasteiger partial charge < -0.3 is 13.9 Å². The maximum absolute atomic E-state index is 5.81. The van der Waals surface area contributed by atoms with Gasteiger partial charge in [0.1, 0.15) is 0 Å². The standard InChI is InChI=1S/C20H23N3O3/c1-4-23(13-15-10-11-17(24-2)18(12-15)25-3)14-19-21-22-20(26-19)16-8-6-5-7-9-16/h5-12H,4,13-14H2,1-3H3. The highest BCUT2D eigenvalue weighted by Crippen LogP contribution is 2.28. The van der Waals surface area contributed by atoms with E-state index in [4.69, 9.17) is 13.9 Å². The van der Waals surface area contributed by atoms with E-state index in [1.807, 2.05) is 48.5 Å². The second kappa shape index (κ2) is 8.49. The Bertz CT molecular complexity index is 833. The summed E-state index contributed by atoms with van der Waals surface area (Å²) in [7, 11) is 3.28. The molecule has 0 amide bonds. The summed E-state index contributed by atoms with van der Waals surface area (Å²) in [6, 6.07) is 15.7. The van der Waals surface area contributed by atoms with Gasteiger partial charge >= 0.3 is 0 Å². The zero-order chi connectivity index (χ0) is 18.4. The molecule has 0 aliphatic rings. The van der Waals surface area contributed by atoms with Crippen LogP contribution in [0.4, 0.5) is 0 Å². The molecule has 0 fully saturated rings. The van der Waals surface area contributed by atoms with E-state index >= 15 is 0 Å². The number of rotatable bonds is 8. The molecular formula is C20H23N3O3. The van der Waals surface area contributed by atoms with Gasteiger partial charge in [-0.2, -0.15) is 0 Å². The van der Waals surface area contributed by atoms with Gasteiger partial charge in [0, 0.05) is 12.1 Å². The van der Waals surface area contributed by atoms with Gasteiger partial charge in [-0.1, -0.05) is 31.2 Å². The normalized spacial score (nSPS) is 10.9. The Kier molecular flexibility index (Phi) is 5.86. The van der Waals surface area contributed by atoms with Crippen LogP contribution in [0, 0.1) is 0 Å².